The molecule has 5 rings (SSSR count). The molecule has 0 saturated heterocycles. The molecule has 0 aliphatic heterocycles. The lowest BCUT2D eigenvalue weighted by Gasteiger charge is -2.63. The highest BCUT2D eigenvalue weighted by Gasteiger charge is 2.65. The molecule has 6 heteroatoms. The van der Waals surface area contributed by atoms with E-state index in [2.05, 4.69) is 20.8 Å². The van der Waals surface area contributed by atoms with Crippen LogP contribution in [0.1, 0.15) is 104 Å². The Morgan fingerprint density at radius 3 is 2.23 bits per heavy atom. The number of aliphatic hydroxyl groups is 1. The van der Waals surface area contributed by atoms with Crippen molar-refractivity contribution < 1.29 is 27.8 Å². The van der Waals surface area contributed by atoms with Crippen molar-refractivity contribution in [3.05, 3.63) is 29.8 Å². The molecule has 0 radical (unpaired) electrons. The molecule has 9 atom stereocenters. The largest absolute Gasteiger partial charge is 0.497 e. The third-order valence-electron chi connectivity index (χ3n) is 12.9. The molecule has 1 N–H and O–H groups in total. The van der Waals surface area contributed by atoms with Crippen LogP contribution in [0.2, 0.25) is 0 Å². The summed E-state index contributed by atoms with van der Waals surface area (Å²) in [6.45, 7) is 10.5. The first kappa shape index (κ1) is 30.2. The van der Waals surface area contributed by atoms with Crippen LogP contribution in [0.5, 0.6) is 5.75 Å². The van der Waals surface area contributed by atoms with E-state index in [4.69, 9.17) is 9.47 Å². The van der Waals surface area contributed by atoms with Crippen molar-refractivity contribution in [2.75, 3.05) is 7.11 Å². The zero-order valence-corrected chi connectivity index (χ0v) is 25.4. The summed E-state index contributed by atoms with van der Waals surface area (Å²) in [4.78, 5) is 0. The molecule has 40 heavy (non-hydrogen) atoms. The third kappa shape index (κ3) is 5.01. The number of hydrogen-bond donors (Lipinski definition) is 1. The van der Waals surface area contributed by atoms with Crippen molar-refractivity contribution in [1.29, 1.82) is 0 Å². The van der Waals surface area contributed by atoms with Gasteiger partial charge < -0.3 is 14.6 Å². The van der Waals surface area contributed by atoms with Crippen LogP contribution in [0, 0.1) is 45.8 Å². The van der Waals surface area contributed by atoms with Gasteiger partial charge in [-0.25, -0.2) is 0 Å². The van der Waals surface area contributed by atoms with Crippen LogP contribution in [-0.2, 0) is 11.3 Å². The van der Waals surface area contributed by atoms with Crippen molar-refractivity contribution in [2.24, 2.45) is 45.8 Å². The van der Waals surface area contributed by atoms with Gasteiger partial charge in [0.2, 0.25) is 0 Å². The van der Waals surface area contributed by atoms with Crippen molar-refractivity contribution in [3.63, 3.8) is 0 Å². The number of rotatable bonds is 7. The minimum Gasteiger partial charge on any atom is -0.497 e. The van der Waals surface area contributed by atoms with E-state index in [-0.39, 0.29) is 23.4 Å². The molecule has 0 amide bonds. The highest BCUT2D eigenvalue weighted by atomic mass is 19.4. The van der Waals surface area contributed by atoms with Crippen molar-refractivity contribution in [1.82, 2.24) is 0 Å². The van der Waals surface area contributed by atoms with Gasteiger partial charge in [0.1, 0.15) is 5.75 Å². The van der Waals surface area contributed by atoms with E-state index in [1.807, 2.05) is 13.8 Å². The average Bonchev–Trinajstić information content (AvgIpc) is 3.27. The van der Waals surface area contributed by atoms with Gasteiger partial charge in [-0.2, -0.15) is 13.2 Å². The second-order valence-electron chi connectivity index (χ2n) is 15.0. The molecule has 4 aliphatic rings. The van der Waals surface area contributed by atoms with Gasteiger partial charge in [0.15, 0.2) is 6.10 Å². The summed E-state index contributed by atoms with van der Waals surface area (Å²) in [7, 11) is 1.57. The average molecular weight is 565 g/mol. The molecule has 4 aliphatic carbocycles. The molecule has 0 bridgehead atoms. The summed E-state index contributed by atoms with van der Waals surface area (Å²) in [5, 5.41) is 11.1. The summed E-state index contributed by atoms with van der Waals surface area (Å²) in [6.07, 6.45) is 3.72. The normalized spacial score (nSPS) is 40.6. The Morgan fingerprint density at radius 2 is 1.60 bits per heavy atom. The fraction of sp³-hybridized carbons (Fsp3) is 0.824. The minimum absolute atomic E-state index is 0.0458. The number of methoxy groups -OCH3 is 1. The molecule has 1 aromatic rings. The Morgan fingerprint density at radius 1 is 0.925 bits per heavy atom. The quantitative estimate of drug-likeness (QED) is 0.359. The Bertz CT molecular complexity index is 1040. The Hall–Kier alpha value is -1.27. The van der Waals surface area contributed by atoms with Crippen LogP contribution in [-0.4, -0.2) is 30.1 Å². The van der Waals surface area contributed by atoms with Gasteiger partial charge in [-0.3, -0.25) is 0 Å². The van der Waals surface area contributed by atoms with Gasteiger partial charge in [-0.15, -0.1) is 0 Å². The molecular weight excluding hydrogens is 513 g/mol. The highest BCUT2D eigenvalue weighted by molar-refractivity contribution is 5.26. The maximum Gasteiger partial charge on any atom is 0.415 e. The van der Waals surface area contributed by atoms with E-state index in [1.54, 1.807) is 31.4 Å². The summed E-state index contributed by atoms with van der Waals surface area (Å²) >= 11 is 0. The molecule has 226 valence electrons. The second-order valence-corrected chi connectivity index (χ2v) is 15.0. The van der Waals surface area contributed by atoms with Gasteiger partial charge in [0.25, 0.3) is 0 Å². The Kier molecular flexibility index (Phi) is 7.90. The maximum absolute atomic E-state index is 14.7. The van der Waals surface area contributed by atoms with Crippen LogP contribution in [0.15, 0.2) is 24.3 Å². The van der Waals surface area contributed by atoms with E-state index in [0.717, 1.165) is 64.2 Å². The third-order valence-corrected chi connectivity index (χ3v) is 12.9. The van der Waals surface area contributed by atoms with Gasteiger partial charge in [0.05, 0.1) is 19.3 Å². The number of hydrogen-bond acceptors (Lipinski definition) is 3. The van der Waals surface area contributed by atoms with Gasteiger partial charge in [-0.05, 0) is 122 Å². The second kappa shape index (κ2) is 10.5. The molecule has 3 nitrogen and oxygen atoms in total. The van der Waals surface area contributed by atoms with Crippen LogP contribution in [0.3, 0.4) is 0 Å². The molecule has 4 saturated carbocycles. The number of ether oxygens (including phenoxy) is 2. The lowest BCUT2D eigenvalue weighted by Crippen LogP contribution is -2.57. The smallest absolute Gasteiger partial charge is 0.415 e. The van der Waals surface area contributed by atoms with Crippen LogP contribution in [0.25, 0.3) is 0 Å². The van der Waals surface area contributed by atoms with Crippen LogP contribution in [0.4, 0.5) is 13.2 Å². The fourth-order valence-corrected chi connectivity index (χ4v) is 10.7. The molecule has 0 spiro atoms. The molecule has 0 aromatic heterocycles. The fourth-order valence-electron chi connectivity index (χ4n) is 10.7. The van der Waals surface area contributed by atoms with Crippen molar-refractivity contribution in [3.8, 4) is 5.75 Å². The summed E-state index contributed by atoms with van der Waals surface area (Å²) in [5.41, 5.74) is -0.699. The van der Waals surface area contributed by atoms with Crippen molar-refractivity contribution >= 4 is 0 Å². The van der Waals surface area contributed by atoms with Gasteiger partial charge in [0, 0.05) is 5.41 Å². The molecule has 1 aromatic carbocycles. The van der Waals surface area contributed by atoms with Crippen molar-refractivity contribution in [2.45, 2.75) is 123 Å². The lowest BCUT2D eigenvalue weighted by atomic mass is 9.43. The molecular formula is C34H51F3O3. The van der Waals surface area contributed by atoms with Gasteiger partial charge >= 0.3 is 6.18 Å². The maximum atomic E-state index is 14.7. The number of alkyl halides is 3. The van der Waals surface area contributed by atoms with E-state index < -0.39 is 23.3 Å². The zero-order chi connectivity index (χ0) is 29.1. The summed E-state index contributed by atoms with van der Waals surface area (Å²) < 4.78 is 55.0. The molecule has 1 unspecified atom stereocenters. The Labute approximate surface area is 239 Å². The minimum atomic E-state index is -4.44. The zero-order valence-electron chi connectivity index (χ0n) is 25.4. The van der Waals surface area contributed by atoms with Crippen LogP contribution < -0.4 is 4.74 Å². The van der Waals surface area contributed by atoms with E-state index in [0.29, 0.717) is 35.0 Å². The SMILES string of the molecule is CC[C@@]1(O)CC[C@@]2(C)[C@H](CC[C@@H]3[C@@H]2CC[C@]2(C)[C@@H](C(C)(C)C(OCc4ccc(OC)cc4)C(F)(F)F)CC[C@@H]32)C1. The summed E-state index contributed by atoms with van der Waals surface area (Å²) in [5.74, 6) is 2.86. The van der Waals surface area contributed by atoms with E-state index in [9.17, 15) is 18.3 Å². The first-order valence-corrected chi connectivity index (χ1v) is 15.7. The summed E-state index contributed by atoms with van der Waals surface area (Å²) in [6, 6.07) is 7.07. The first-order valence-electron chi connectivity index (χ1n) is 15.7. The standard InChI is InChI=1S/C34H51F3O3/c1-7-33(38)19-18-31(4)23(20-33)10-13-25-26-14-15-28(32(26,5)17-16-27(25)31)30(2,3)29(34(35,36)37)40-21-22-8-11-24(39-6)12-9-22/h8-9,11-12,23,25-29,38H,7,10,13-21H2,1-6H3/t23-,25+,26+,27+,28-,29?,31+,32+,33-/m1/s1. The monoisotopic (exact) mass is 564 g/mol. The highest BCUT2D eigenvalue weighted by Crippen LogP contribution is 2.70. The molecule has 0 heterocycles. The number of halogens is 3. The number of benzene rings is 1. The predicted molar refractivity (Wildman–Crippen MR) is 152 cm³/mol. The topological polar surface area (TPSA) is 38.7 Å². The van der Waals surface area contributed by atoms with E-state index >= 15 is 0 Å². The molecule has 4 fully saturated rings. The van der Waals surface area contributed by atoms with Crippen LogP contribution >= 0.6 is 0 Å². The predicted octanol–water partition coefficient (Wildman–Crippen LogP) is 8.97. The van der Waals surface area contributed by atoms with Gasteiger partial charge in [-0.1, -0.05) is 46.8 Å². The number of fused-ring (bicyclic) bond motifs is 5. The Balaban J connectivity index is 1.35. The lowest BCUT2D eigenvalue weighted by molar-refractivity contribution is -0.269. The first-order chi connectivity index (χ1) is 18.7. The van der Waals surface area contributed by atoms with E-state index in [1.165, 1.54) is 0 Å².